The van der Waals surface area contributed by atoms with Crippen molar-refractivity contribution >= 4 is 30.5 Å². The number of nitrogens with zero attached hydrogens (tertiary/aromatic N) is 1. The van der Waals surface area contributed by atoms with Gasteiger partial charge in [-0.05, 0) is 38.0 Å². The van der Waals surface area contributed by atoms with Gasteiger partial charge in [0.05, 0.1) is 10.5 Å². The number of aryl methyl sites for hydroxylation is 1. The first kappa shape index (κ1) is 17.9. The molecular weight excluding hydrogens is 310 g/mol. The van der Waals surface area contributed by atoms with Gasteiger partial charge in [-0.25, -0.2) is 0 Å². The molecule has 0 heterocycles. The Bertz CT molecular complexity index is 747. The largest absolute Gasteiger partial charge is 0.335 e. The van der Waals surface area contributed by atoms with E-state index in [9.17, 15) is 14.9 Å². The summed E-state index contributed by atoms with van der Waals surface area (Å²) in [6.45, 7) is 5.30. The standard InChI is InChI=1S/C10H11NO3.O4S2/c1-6-4-9(5-12)10(11(13)14)8(3)7(6)2;1-5(2)6(3)4/h4-5H,1-3H3;. The molecule has 0 aliphatic rings. The van der Waals surface area contributed by atoms with Crippen LogP contribution < -0.4 is 0 Å². The molecule has 8 nitrogen and oxygen atoms in total. The maximum Gasteiger partial charge on any atom is 0.335 e. The predicted octanol–water partition coefficient (Wildman–Crippen LogP) is 0.992. The van der Waals surface area contributed by atoms with Gasteiger partial charge in [-0.3, -0.25) is 14.9 Å². The van der Waals surface area contributed by atoms with Crippen LogP contribution in [0.1, 0.15) is 27.0 Å². The summed E-state index contributed by atoms with van der Waals surface area (Å²) in [5.74, 6) is 0. The molecule has 110 valence electrons. The molecule has 0 bridgehead atoms. The smallest absolute Gasteiger partial charge is 0.298 e. The van der Waals surface area contributed by atoms with Crippen LogP contribution in [0.3, 0.4) is 0 Å². The molecule has 0 saturated heterocycles. The molecule has 0 spiro atoms. The van der Waals surface area contributed by atoms with Crippen molar-refractivity contribution in [3.63, 3.8) is 0 Å². The van der Waals surface area contributed by atoms with Gasteiger partial charge in [0.25, 0.3) is 5.69 Å². The van der Waals surface area contributed by atoms with Crippen molar-refractivity contribution < 1.29 is 26.6 Å². The molecule has 0 saturated carbocycles. The van der Waals surface area contributed by atoms with E-state index < -0.39 is 23.5 Å². The van der Waals surface area contributed by atoms with Crippen LogP contribution in [0.15, 0.2) is 6.07 Å². The van der Waals surface area contributed by atoms with Gasteiger partial charge >= 0.3 is 18.5 Å². The number of nitro groups is 1. The second-order valence-corrected chi connectivity index (χ2v) is 6.11. The highest BCUT2D eigenvalue weighted by Gasteiger charge is 2.19. The fraction of sp³-hybridized carbons (Fsp3) is 0.300. The molecule has 1 aromatic carbocycles. The van der Waals surface area contributed by atoms with Crippen LogP contribution in [0.5, 0.6) is 0 Å². The van der Waals surface area contributed by atoms with Gasteiger partial charge in [0.2, 0.25) is 0 Å². The Hall–Kier alpha value is -2.07. The number of rotatable bonds is 2. The van der Waals surface area contributed by atoms with E-state index >= 15 is 0 Å². The van der Waals surface area contributed by atoms with Gasteiger partial charge in [0, 0.05) is 5.56 Å². The van der Waals surface area contributed by atoms with E-state index in [1.165, 1.54) is 0 Å². The van der Waals surface area contributed by atoms with Gasteiger partial charge in [0.1, 0.15) is 0 Å². The van der Waals surface area contributed by atoms with Crippen molar-refractivity contribution in [1.29, 1.82) is 0 Å². The second kappa shape index (κ2) is 7.50. The van der Waals surface area contributed by atoms with Crippen molar-refractivity contribution in [2.45, 2.75) is 20.8 Å². The minimum Gasteiger partial charge on any atom is -0.298 e. The molecule has 0 atom stereocenters. The lowest BCUT2D eigenvalue weighted by Gasteiger charge is -2.06. The summed E-state index contributed by atoms with van der Waals surface area (Å²) in [5.41, 5.74) is 2.40. The molecule has 0 aromatic heterocycles. The van der Waals surface area contributed by atoms with E-state index in [2.05, 4.69) is 0 Å². The number of aldehydes is 1. The number of benzene rings is 1. The summed E-state index contributed by atoms with van der Waals surface area (Å²) in [6.07, 6.45) is 0.525. The minimum atomic E-state index is -2.95. The monoisotopic (exact) mass is 321 g/mol. The molecule has 0 amide bonds. The summed E-state index contributed by atoms with van der Waals surface area (Å²) in [6, 6.07) is 1.55. The van der Waals surface area contributed by atoms with Crippen LogP contribution in [0.2, 0.25) is 0 Å². The summed E-state index contributed by atoms with van der Waals surface area (Å²) in [7, 11) is -5.90. The van der Waals surface area contributed by atoms with E-state index in [-0.39, 0.29) is 11.3 Å². The maximum atomic E-state index is 10.7. The van der Waals surface area contributed by atoms with E-state index in [4.69, 9.17) is 16.8 Å². The Morgan fingerprint density at radius 1 is 1.05 bits per heavy atom. The number of hydrogen-bond acceptors (Lipinski definition) is 7. The predicted molar refractivity (Wildman–Crippen MR) is 70.5 cm³/mol. The number of hydrogen-bond donors (Lipinski definition) is 0. The zero-order chi connectivity index (χ0) is 16.0. The molecule has 0 fully saturated rings. The Balaban J connectivity index is 0.000000511. The van der Waals surface area contributed by atoms with Crippen molar-refractivity contribution in [2.24, 2.45) is 0 Å². The number of carbonyl (C=O) groups is 1. The third-order valence-corrected chi connectivity index (χ3v) is 3.46. The second-order valence-electron chi connectivity index (χ2n) is 3.66. The first-order valence-electron chi connectivity index (χ1n) is 5.02. The van der Waals surface area contributed by atoms with Crippen molar-refractivity contribution in [3.8, 4) is 0 Å². The third-order valence-electron chi connectivity index (χ3n) is 2.58. The molecule has 0 aliphatic heterocycles. The first-order chi connectivity index (χ1) is 9.13. The first-order valence-corrected chi connectivity index (χ1v) is 7.69. The van der Waals surface area contributed by atoms with Gasteiger partial charge in [0.15, 0.2) is 6.29 Å². The average molecular weight is 321 g/mol. The molecule has 1 rings (SSSR count). The van der Waals surface area contributed by atoms with Crippen LogP contribution >= 0.6 is 0 Å². The van der Waals surface area contributed by atoms with Crippen molar-refractivity contribution in [1.82, 2.24) is 0 Å². The van der Waals surface area contributed by atoms with Crippen LogP contribution in [0.4, 0.5) is 5.69 Å². The average Bonchev–Trinajstić information content (AvgIpc) is 2.35. The Morgan fingerprint density at radius 2 is 1.50 bits per heavy atom. The SMILES string of the molecule is Cc1cc(C=O)c([N+](=O)[O-])c(C)c1C.O=S(=O)=S(=O)=O. The quantitative estimate of drug-likeness (QED) is 0.451. The normalized spacial score (nSPS) is 9.15. The van der Waals surface area contributed by atoms with E-state index in [0.717, 1.165) is 11.1 Å². The fourth-order valence-corrected chi connectivity index (χ4v) is 1.43. The fourth-order valence-electron chi connectivity index (χ4n) is 1.43. The zero-order valence-corrected chi connectivity index (χ0v) is 12.4. The third kappa shape index (κ3) is 4.55. The van der Waals surface area contributed by atoms with Gasteiger partial charge in [-0.1, -0.05) is 0 Å². The Labute approximate surface area is 116 Å². The Morgan fingerprint density at radius 3 is 1.80 bits per heavy atom. The molecule has 0 N–H and O–H groups in total. The highest BCUT2D eigenvalue weighted by Crippen LogP contribution is 2.27. The molecular formula is C10H11NO7S2. The molecule has 0 radical (unpaired) electrons. The van der Waals surface area contributed by atoms with E-state index in [1.54, 1.807) is 13.0 Å². The Kier molecular flexibility index (Phi) is 6.73. The maximum absolute atomic E-state index is 10.7. The topological polar surface area (TPSA) is 128 Å². The summed E-state index contributed by atoms with van der Waals surface area (Å²) >= 11 is 0. The highest BCUT2D eigenvalue weighted by atomic mass is 32.8. The lowest BCUT2D eigenvalue weighted by Crippen LogP contribution is -2.01. The van der Waals surface area contributed by atoms with Gasteiger partial charge < -0.3 is 0 Å². The summed E-state index contributed by atoms with van der Waals surface area (Å²) < 4.78 is 36.3. The molecule has 0 aliphatic carbocycles. The molecule has 1 aromatic rings. The lowest BCUT2D eigenvalue weighted by atomic mass is 9.98. The molecule has 0 unspecified atom stereocenters. The van der Waals surface area contributed by atoms with Gasteiger partial charge in [-0.2, -0.15) is 16.8 Å². The summed E-state index contributed by atoms with van der Waals surface area (Å²) in [4.78, 5) is 20.8. The lowest BCUT2D eigenvalue weighted by molar-refractivity contribution is -0.385. The molecule has 20 heavy (non-hydrogen) atoms. The van der Waals surface area contributed by atoms with Crippen LogP contribution in [0, 0.1) is 30.9 Å². The highest BCUT2D eigenvalue weighted by molar-refractivity contribution is 8.21. The van der Waals surface area contributed by atoms with Crippen LogP contribution in [-0.4, -0.2) is 28.0 Å². The number of nitro benzene ring substituents is 1. The van der Waals surface area contributed by atoms with Crippen LogP contribution in [-0.2, 0) is 18.5 Å². The number of carbonyl (C=O) groups excluding carboxylic acids is 1. The summed E-state index contributed by atoms with van der Waals surface area (Å²) in [5, 5.41) is 10.7. The van der Waals surface area contributed by atoms with Crippen molar-refractivity contribution in [3.05, 3.63) is 38.4 Å². The van der Waals surface area contributed by atoms with Gasteiger partial charge in [-0.15, -0.1) is 0 Å². The van der Waals surface area contributed by atoms with E-state index in [1.807, 2.05) is 13.8 Å². The van der Waals surface area contributed by atoms with Crippen molar-refractivity contribution in [2.75, 3.05) is 0 Å². The minimum absolute atomic E-state index is 0.0805. The zero-order valence-electron chi connectivity index (χ0n) is 10.8. The molecule has 10 heteroatoms. The van der Waals surface area contributed by atoms with E-state index in [0.29, 0.717) is 11.8 Å². The van der Waals surface area contributed by atoms with Crippen LogP contribution in [0.25, 0.3) is 0 Å².